The average molecular weight is 419 g/mol. The van der Waals surface area contributed by atoms with Gasteiger partial charge in [-0.25, -0.2) is 14.8 Å². The molecule has 5 rings (SSSR count). The lowest BCUT2D eigenvalue weighted by atomic mass is 9.77. The maximum absolute atomic E-state index is 12.8. The van der Waals surface area contributed by atoms with Gasteiger partial charge in [-0.1, -0.05) is 18.2 Å². The molecule has 1 aliphatic heterocycles. The van der Waals surface area contributed by atoms with Gasteiger partial charge in [-0.3, -0.25) is 4.98 Å². The number of aryl methyl sites for hydroxylation is 1. The minimum Gasteiger partial charge on any atom is -0.471 e. The first-order valence-corrected chi connectivity index (χ1v) is 10.7. The third-order valence-corrected chi connectivity index (χ3v) is 6.43. The number of anilines is 1. The van der Waals surface area contributed by atoms with Crippen LogP contribution >= 0.6 is 0 Å². The standard InChI is InChI=1S/C23H26N6O2/c1-16-25-9-10-29(16)20-11-17-14-28(23(30)27-19-5-3-2-4-6-19)15-18(17)12-21(20)31-22-13-24-7-8-26-22/h2-10,13,17-18,20-21H,11-12,14-15H2,1H3,(H,27,30)/t17-,18+,20-,21-/m0/s1. The number of imidazole rings is 1. The van der Waals surface area contributed by atoms with Gasteiger partial charge in [-0.2, -0.15) is 0 Å². The number of nitrogens with zero attached hydrogens (tertiary/aromatic N) is 5. The first kappa shape index (κ1) is 19.5. The van der Waals surface area contributed by atoms with E-state index in [-0.39, 0.29) is 18.2 Å². The van der Waals surface area contributed by atoms with Crippen LogP contribution in [0.5, 0.6) is 5.88 Å². The lowest BCUT2D eigenvalue weighted by Crippen LogP contribution is -2.40. The zero-order valence-corrected chi connectivity index (χ0v) is 17.5. The van der Waals surface area contributed by atoms with Crippen LogP contribution in [0, 0.1) is 18.8 Å². The summed E-state index contributed by atoms with van der Waals surface area (Å²) < 4.78 is 8.50. The lowest BCUT2D eigenvalue weighted by molar-refractivity contribution is 0.0501. The number of carbonyl (C=O) groups excluding carboxylic acids is 1. The number of para-hydroxylation sites is 1. The van der Waals surface area contributed by atoms with E-state index < -0.39 is 0 Å². The Balaban J connectivity index is 1.33. The quantitative estimate of drug-likeness (QED) is 0.700. The lowest BCUT2D eigenvalue weighted by Gasteiger charge is -2.38. The largest absolute Gasteiger partial charge is 0.471 e. The van der Waals surface area contributed by atoms with Gasteiger partial charge in [-0.15, -0.1) is 0 Å². The van der Waals surface area contributed by atoms with E-state index in [1.165, 1.54) is 0 Å². The molecule has 2 aromatic heterocycles. The van der Waals surface area contributed by atoms with Gasteiger partial charge in [0.05, 0.1) is 12.2 Å². The monoisotopic (exact) mass is 418 g/mol. The molecule has 31 heavy (non-hydrogen) atoms. The Bertz CT molecular complexity index is 1020. The molecule has 0 bridgehead atoms. The molecule has 1 N–H and O–H groups in total. The highest BCUT2D eigenvalue weighted by Gasteiger charge is 2.45. The molecule has 2 amide bonds. The topological polar surface area (TPSA) is 85.2 Å². The number of rotatable bonds is 4. The molecule has 1 aliphatic carbocycles. The van der Waals surface area contributed by atoms with Crippen LogP contribution in [0.4, 0.5) is 10.5 Å². The molecule has 1 saturated heterocycles. The van der Waals surface area contributed by atoms with Crippen molar-refractivity contribution in [1.29, 1.82) is 0 Å². The van der Waals surface area contributed by atoms with Gasteiger partial charge >= 0.3 is 6.03 Å². The second-order valence-electron chi connectivity index (χ2n) is 8.34. The van der Waals surface area contributed by atoms with Crippen LogP contribution in [0.2, 0.25) is 0 Å². The molecular formula is C23H26N6O2. The Labute approximate surface area is 181 Å². The fraction of sp³-hybridized carbons (Fsp3) is 0.391. The fourth-order valence-corrected chi connectivity index (χ4v) is 4.94. The van der Waals surface area contributed by atoms with Crippen LogP contribution in [0.3, 0.4) is 0 Å². The molecule has 8 nitrogen and oxygen atoms in total. The Morgan fingerprint density at radius 3 is 2.58 bits per heavy atom. The van der Waals surface area contributed by atoms with Gasteiger partial charge in [-0.05, 0) is 43.7 Å². The molecule has 160 valence electrons. The molecular weight excluding hydrogens is 392 g/mol. The molecule has 3 aromatic rings. The van der Waals surface area contributed by atoms with Crippen LogP contribution in [0.15, 0.2) is 61.3 Å². The molecule has 8 heteroatoms. The van der Waals surface area contributed by atoms with Crippen molar-refractivity contribution in [2.24, 2.45) is 11.8 Å². The first-order chi connectivity index (χ1) is 15.2. The average Bonchev–Trinajstić information content (AvgIpc) is 3.40. The third kappa shape index (κ3) is 4.10. The van der Waals surface area contributed by atoms with Gasteiger partial charge in [0.2, 0.25) is 5.88 Å². The molecule has 1 saturated carbocycles. The molecule has 0 spiro atoms. The van der Waals surface area contributed by atoms with Crippen molar-refractivity contribution in [3.05, 3.63) is 67.1 Å². The SMILES string of the molecule is Cc1nccn1[C@H]1C[C@H]2CN(C(=O)Nc3ccccc3)C[C@H]2C[C@@H]1Oc1cnccn1. The van der Waals surface area contributed by atoms with Crippen LogP contribution < -0.4 is 10.1 Å². The summed E-state index contributed by atoms with van der Waals surface area (Å²) in [6, 6.07) is 9.70. The van der Waals surface area contributed by atoms with E-state index in [2.05, 4.69) is 24.8 Å². The molecule has 2 fully saturated rings. The Kier molecular flexibility index (Phi) is 5.28. The van der Waals surface area contributed by atoms with Crippen molar-refractivity contribution in [2.75, 3.05) is 18.4 Å². The highest BCUT2D eigenvalue weighted by molar-refractivity contribution is 5.89. The summed E-state index contributed by atoms with van der Waals surface area (Å²) in [6.07, 6.45) is 10.5. The van der Waals surface area contributed by atoms with Crippen molar-refractivity contribution in [3.8, 4) is 5.88 Å². The highest BCUT2D eigenvalue weighted by atomic mass is 16.5. The summed E-state index contributed by atoms with van der Waals surface area (Å²) in [5, 5.41) is 3.01. The second kappa shape index (κ2) is 8.37. The molecule has 0 unspecified atom stereocenters. The normalized spacial score (nSPS) is 25.1. The fourth-order valence-electron chi connectivity index (χ4n) is 4.94. The Hall–Kier alpha value is -3.42. The molecule has 2 aliphatic rings. The number of ether oxygens (including phenoxy) is 1. The van der Waals surface area contributed by atoms with Gasteiger partial charge in [0.15, 0.2) is 0 Å². The highest BCUT2D eigenvalue weighted by Crippen LogP contribution is 2.43. The smallest absolute Gasteiger partial charge is 0.321 e. The second-order valence-corrected chi connectivity index (χ2v) is 8.34. The zero-order valence-electron chi connectivity index (χ0n) is 17.5. The Morgan fingerprint density at radius 1 is 1.06 bits per heavy atom. The van der Waals surface area contributed by atoms with Crippen molar-refractivity contribution < 1.29 is 9.53 Å². The van der Waals surface area contributed by atoms with Crippen molar-refractivity contribution in [2.45, 2.75) is 31.9 Å². The predicted molar refractivity (Wildman–Crippen MR) is 116 cm³/mol. The van der Waals surface area contributed by atoms with Gasteiger partial charge in [0.25, 0.3) is 0 Å². The van der Waals surface area contributed by atoms with Gasteiger partial charge in [0, 0.05) is 43.6 Å². The van der Waals surface area contributed by atoms with Gasteiger partial charge in [0.1, 0.15) is 11.9 Å². The number of hydrogen-bond acceptors (Lipinski definition) is 5. The van der Waals surface area contributed by atoms with E-state index in [0.717, 1.165) is 37.4 Å². The van der Waals surface area contributed by atoms with Crippen molar-refractivity contribution in [1.82, 2.24) is 24.4 Å². The Morgan fingerprint density at radius 2 is 1.87 bits per heavy atom. The van der Waals surface area contributed by atoms with E-state index in [1.807, 2.05) is 54.5 Å². The van der Waals surface area contributed by atoms with Gasteiger partial charge < -0.3 is 19.5 Å². The predicted octanol–water partition coefficient (Wildman–Crippen LogP) is 3.54. The molecule has 1 aromatic carbocycles. The van der Waals surface area contributed by atoms with E-state index in [1.54, 1.807) is 18.6 Å². The summed E-state index contributed by atoms with van der Waals surface area (Å²) in [4.78, 5) is 27.6. The maximum Gasteiger partial charge on any atom is 0.321 e. The third-order valence-electron chi connectivity index (χ3n) is 6.43. The number of amides is 2. The maximum atomic E-state index is 12.8. The molecule has 0 radical (unpaired) electrons. The van der Waals surface area contributed by atoms with Crippen LogP contribution in [-0.2, 0) is 0 Å². The van der Waals surface area contributed by atoms with E-state index in [9.17, 15) is 4.79 Å². The molecule has 3 heterocycles. The number of hydrogen-bond donors (Lipinski definition) is 1. The van der Waals surface area contributed by atoms with E-state index in [0.29, 0.717) is 17.7 Å². The number of aromatic nitrogens is 4. The van der Waals surface area contributed by atoms with Crippen LogP contribution in [0.25, 0.3) is 0 Å². The summed E-state index contributed by atoms with van der Waals surface area (Å²) in [7, 11) is 0. The summed E-state index contributed by atoms with van der Waals surface area (Å²) >= 11 is 0. The molecule has 4 atom stereocenters. The number of fused-ring (bicyclic) bond motifs is 1. The van der Waals surface area contributed by atoms with Crippen LogP contribution in [-0.4, -0.2) is 49.6 Å². The number of nitrogens with one attached hydrogen (secondary N) is 1. The van der Waals surface area contributed by atoms with E-state index in [4.69, 9.17) is 4.74 Å². The van der Waals surface area contributed by atoms with Crippen LogP contribution in [0.1, 0.15) is 24.7 Å². The summed E-state index contributed by atoms with van der Waals surface area (Å²) in [5.41, 5.74) is 0.818. The number of benzene rings is 1. The zero-order chi connectivity index (χ0) is 21.2. The minimum absolute atomic E-state index is 0.0395. The van der Waals surface area contributed by atoms with E-state index >= 15 is 0 Å². The van der Waals surface area contributed by atoms with Crippen molar-refractivity contribution in [3.63, 3.8) is 0 Å². The minimum atomic E-state index is -0.0528. The number of urea groups is 1. The summed E-state index contributed by atoms with van der Waals surface area (Å²) in [5.74, 6) is 2.32. The van der Waals surface area contributed by atoms with Crippen molar-refractivity contribution >= 4 is 11.7 Å². The number of carbonyl (C=O) groups is 1. The first-order valence-electron chi connectivity index (χ1n) is 10.7. The summed E-state index contributed by atoms with van der Waals surface area (Å²) in [6.45, 7) is 3.50. The number of likely N-dealkylation sites (tertiary alicyclic amines) is 1.